The third-order valence-electron chi connectivity index (χ3n) is 2.73. The van der Waals surface area contributed by atoms with Crippen molar-refractivity contribution in [2.75, 3.05) is 5.75 Å². The third kappa shape index (κ3) is 5.21. The molecule has 0 aliphatic carbocycles. The van der Waals surface area contributed by atoms with Crippen LogP contribution < -0.4 is 5.73 Å². The fourth-order valence-corrected chi connectivity index (χ4v) is 4.55. The van der Waals surface area contributed by atoms with Gasteiger partial charge in [-0.05, 0) is 36.6 Å². The van der Waals surface area contributed by atoms with E-state index in [0.29, 0.717) is 5.25 Å². The summed E-state index contributed by atoms with van der Waals surface area (Å²) in [6, 6.07) is 4.32. The molecule has 0 radical (unpaired) electrons. The standard InChI is InChI=1S/C13H22ClNS2/c1-4-10(15)13(16-8-7-9(2)3)11-5-6-12(14)17-11/h5-6,9-10,13H,4,7-8,15H2,1-3H3. The molecular weight excluding hydrogens is 270 g/mol. The van der Waals surface area contributed by atoms with E-state index in [2.05, 4.69) is 26.8 Å². The molecule has 1 aromatic heterocycles. The van der Waals surface area contributed by atoms with Crippen LogP contribution in [0.25, 0.3) is 0 Å². The van der Waals surface area contributed by atoms with Crippen molar-refractivity contribution >= 4 is 34.7 Å². The van der Waals surface area contributed by atoms with Crippen LogP contribution in [0.1, 0.15) is 43.7 Å². The first-order valence-electron chi connectivity index (χ1n) is 6.17. The summed E-state index contributed by atoms with van der Waals surface area (Å²) >= 11 is 9.64. The molecule has 1 rings (SSSR count). The van der Waals surface area contributed by atoms with Gasteiger partial charge in [0.1, 0.15) is 0 Å². The molecule has 0 bridgehead atoms. The number of rotatable bonds is 7. The van der Waals surface area contributed by atoms with Gasteiger partial charge in [0.25, 0.3) is 0 Å². The molecular formula is C13H22ClNS2. The second kappa shape index (κ2) is 7.67. The molecule has 2 N–H and O–H groups in total. The zero-order valence-corrected chi connectivity index (χ0v) is 13.2. The quantitative estimate of drug-likeness (QED) is 0.768. The highest BCUT2D eigenvalue weighted by Gasteiger charge is 2.20. The second-order valence-electron chi connectivity index (χ2n) is 4.69. The van der Waals surface area contributed by atoms with Crippen LogP contribution in [0.2, 0.25) is 4.34 Å². The molecule has 0 aromatic carbocycles. The Morgan fingerprint density at radius 2 is 2.12 bits per heavy atom. The minimum atomic E-state index is 0.224. The Balaban J connectivity index is 2.61. The van der Waals surface area contributed by atoms with Crippen molar-refractivity contribution in [3.63, 3.8) is 0 Å². The number of hydrogen-bond acceptors (Lipinski definition) is 3. The third-order valence-corrected chi connectivity index (χ3v) is 5.62. The van der Waals surface area contributed by atoms with Crippen molar-refractivity contribution in [3.05, 3.63) is 21.3 Å². The van der Waals surface area contributed by atoms with Crippen LogP contribution in [-0.2, 0) is 0 Å². The molecule has 1 heterocycles. The highest BCUT2D eigenvalue weighted by Crippen LogP contribution is 2.38. The van der Waals surface area contributed by atoms with Crippen molar-refractivity contribution in [3.8, 4) is 0 Å². The summed E-state index contributed by atoms with van der Waals surface area (Å²) in [4.78, 5) is 1.32. The fraction of sp³-hybridized carbons (Fsp3) is 0.692. The fourth-order valence-electron chi connectivity index (χ4n) is 1.54. The number of hydrogen-bond donors (Lipinski definition) is 1. The monoisotopic (exact) mass is 291 g/mol. The van der Waals surface area contributed by atoms with Crippen LogP contribution >= 0.6 is 34.7 Å². The van der Waals surface area contributed by atoms with E-state index in [1.807, 2.05) is 17.8 Å². The molecule has 0 saturated carbocycles. The van der Waals surface area contributed by atoms with Crippen LogP contribution in [0.3, 0.4) is 0 Å². The summed E-state index contributed by atoms with van der Waals surface area (Å²) in [5.74, 6) is 1.93. The maximum absolute atomic E-state index is 6.22. The molecule has 1 nitrogen and oxygen atoms in total. The Bertz CT molecular complexity index is 325. The Hall–Kier alpha value is 0.300. The van der Waals surface area contributed by atoms with Gasteiger partial charge in [-0.15, -0.1) is 11.3 Å². The Morgan fingerprint density at radius 3 is 2.59 bits per heavy atom. The average Bonchev–Trinajstić information content (AvgIpc) is 2.69. The van der Waals surface area contributed by atoms with Crippen LogP contribution in [0.15, 0.2) is 12.1 Å². The lowest BCUT2D eigenvalue weighted by molar-refractivity contribution is 0.620. The van der Waals surface area contributed by atoms with E-state index >= 15 is 0 Å². The summed E-state index contributed by atoms with van der Waals surface area (Å²) < 4.78 is 0.859. The molecule has 2 atom stereocenters. The van der Waals surface area contributed by atoms with Crippen molar-refractivity contribution in [1.29, 1.82) is 0 Å². The van der Waals surface area contributed by atoms with Gasteiger partial charge in [-0.25, -0.2) is 0 Å². The van der Waals surface area contributed by atoms with Crippen LogP contribution in [0, 0.1) is 5.92 Å². The first kappa shape index (κ1) is 15.4. The molecule has 1 aromatic rings. The summed E-state index contributed by atoms with van der Waals surface area (Å²) in [5, 5.41) is 0.399. The molecule has 0 aliphatic heterocycles. The second-order valence-corrected chi connectivity index (χ2v) is 7.68. The van der Waals surface area contributed by atoms with Gasteiger partial charge in [0.05, 0.1) is 9.59 Å². The Kier molecular flexibility index (Phi) is 6.93. The summed E-state index contributed by atoms with van der Waals surface area (Å²) in [7, 11) is 0. The largest absolute Gasteiger partial charge is 0.326 e. The van der Waals surface area contributed by atoms with Crippen molar-refractivity contribution in [2.24, 2.45) is 11.7 Å². The van der Waals surface area contributed by atoms with E-state index in [0.717, 1.165) is 16.7 Å². The van der Waals surface area contributed by atoms with Gasteiger partial charge in [-0.3, -0.25) is 0 Å². The van der Waals surface area contributed by atoms with Gasteiger partial charge >= 0.3 is 0 Å². The zero-order valence-electron chi connectivity index (χ0n) is 10.8. The minimum absolute atomic E-state index is 0.224. The van der Waals surface area contributed by atoms with E-state index in [4.69, 9.17) is 17.3 Å². The Morgan fingerprint density at radius 1 is 1.41 bits per heavy atom. The van der Waals surface area contributed by atoms with Crippen LogP contribution in [0.4, 0.5) is 0 Å². The maximum Gasteiger partial charge on any atom is 0.0931 e. The average molecular weight is 292 g/mol. The number of nitrogens with two attached hydrogens (primary N) is 1. The smallest absolute Gasteiger partial charge is 0.0931 e. The highest BCUT2D eigenvalue weighted by atomic mass is 35.5. The van der Waals surface area contributed by atoms with Gasteiger partial charge in [0.2, 0.25) is 0 Å². The lowest BCUT2D eigenvalue weighted by Crippen LogP contribution is -2.25. The van der Waals surface area contributed by atoms with Crippen LogP contribution in [0.5, 0.6) is 0 Å². The first-order valence-corrected chi connectivity index (χ1v) is 8.41. The number of thiophene rings is 1. The van der Waals surface area contributed by atoms with Gasteiger partial charge in [-0.1, -0.05) is 32.4 Å². The Labute approximate surface area is 118 Å². The predicted octanol–water partition coefficient (Wildman–Crippen LogP) is 4.96. The molecule has 4 heteroatoms. The normalized spacial score (nSPS) is 15.2. The first-order chi connectivity index (χ1) is 8.04. The molecule has 2 unspecified atom stereocenters. The van der Waals surface area contributed by atoms with Crippen LogP contribution in [-0.4, -0.2) is 11.8 Å². The maximum atomic E-state index is 6.22. The van der Waals surface area contributed by atoms with Crippen molar-refractivity contribution < 1.29 is 0 Å². The van der Waals surface area contributed by atoms with Crippen molar-refractivity contribution in [2.45, 2.75) is 44.9 Å². The van der Waals surface area contributed by atoms with E-state index < -0.39 is 0 Å². The minimum Gasteiger partial charge on any atom is -0.326 e. The van der Waals surface area contributed by atoms with E-state index in [9.17, 15) is 0 Å². The lowest BCUT2D eigenvalue weighted by Gasteiger charge is -2.21. The van der Waals surface area contributed by atoms with E-state index in [1.54, 1.807) is 11.3 Å². The molecule has 0 aliphatic rings. The molecule has 0 fully saturated rings. The molecule has 0 saturated heterocycles. The number of thioether (sulfide) groups is 1. The highest BCUT2D eigenvalue weighted by molar-refractivity contribution is 7.99. The predicted molar refractivity (Wildman–Crippen MR) is 82.2 cm³/mol. The molecule has 98 valence electrons. The lowest BCUT2D eigenvalue weighted by atomic mass is 10.1. The van der Waals surface area contributed by atoms with Gasteiger partial charge in [-0.2, -0.15) is 11.8 Å². The molecule has 17 heavy (non-hydrogen) atoms. The van der Waals surface area contributed by atoms with Crippen molar-refractivity contribution in [1.82, 2.24) is 0 Å². The van der Waals surface area contributed by atoms with Gasteiger partial charge in [0, 0.05) is 10.9 Å². The zero-order chi connectivity index (χ0) is 12.8. The summed E-state index contributed by atoms with van der Waals surface area (Å²) in [5.41, 5.74) is 6.22. The van der Waals surface area contributed by atoms with E-state index in [-0.39, 0.29) is 6.04 Å². The number of halogens is 1. The molecule has 0 spiro atoms. The SMILES string of the molecule is CCC(N)C(SCCC(C)C)c1ccc(Cl)s1. The summed E-state index contributed by atoms with van der Waals surface area (Å²) in [6.07, 6.45) is 2.26. The topological polar surface area (TPSA) is 26.0 Å². The molecule has 0 amide bonds. The van der Waals surface area contributed by atoms with Gasteiger partial charge in [0.15, 0.2) is 0 Å². The van der Waals surface area contributed by atoms with Gasteiger partial charge < -0.3 is 5.73 Å². The van der Waals surface area contributed by atoms with E-state index in [1.165, 1.54) is 17.1 Å². The summed E-state index contributed by atoms with van der Waals surface area (Å²) in [6.45, 7) is 6.67.